The summed E-state index contributed by atoms with van der Waals surface area (Å²) in [5, 5.41) is 6.38. The van der Waals surface area contributed by atoms with Crippen molar-refractivity contribution in [1.29, 1.82) is 0 Å². The fourth-order valence-electron chi connectivity index (χ4n) is 2.74. The summed E-state index contributed by atoms with van der Waals surface area (Å²) in [7, 11) is 0. The van der Waals surface area contributed by atoms with E-state index in [9.17, 15) is 4.79 Å². The summed E-state index contributed by atoms with van der Waals surface area (Å²) in [5.74, 6) is 0.804. The van der Waals surface area contributed by atoms with Gasteiger partial charge in [0.15, 0.2) is 17.8 Å². The van der Waals surface area contributed by atoms with Gasteiger partial charge in [-0.2, -0.15) is 0 Å². The molecule has 0 aliphatic carbocycles. The number of oxazole rings is 1. The van der Waals surface area contributed by atoms with Crippen LogP contribution >= 0.6 is 0 Å². The Hall–Kier alpha value is -2.14. The van der Waals surface area contributed by atoms with Gasteiger partial charge in [-0.05, 0) is 25.8 Å². The highest BCUT2D eigenvalue weighted by Gasteiger charge is 2.26. The number of piperidine rings is 1. The Labute approximate surface area is 130 Å². The first-order valence-corrected chi connectivity index (χ1v) is 7.67. The normalized spacial score (nSPS) is 21.5. The first kappa shape index (κ1) is 14.8. The molecule has 5 nitrogen and oxygen atoms in total. The smallest absolute Gasteiger partial charge is 0.274 e. The number of nitrogens with zero attached hydrogens (tertiary/aromatic N) is 1. The van der Waals surface area contributed by atoms with Gasteiger partial charge >= 0.3 is 0 Å². The fourth-order valence-corrected chi connectivity index (χ4v) is 2.74. The van der Waals surface area contributed by atoms with Gasteiger partial charge in [0.1, 0.15) is 0 Å². The third-order valence-corrected chi connectivity index (χ3v) is 4.24. The molecule has 2 unspecified atom stereocenters. The zero-order chi connectivity index (χ0) is 15.5. The molecule has 1 aromatic heterocycles. The molecule has 0 radical (unpaired) electrons. The van der Waals surface area contributed by atoms with Gasteiger partial charge in [0.25, 0.3) is 5.91 Å². The molecule has 0 bridgehead atoms. The van der Waals surface area contributed by atoms with Crippen molar-refractivity contribution in [1.82, 2.24) is 15.6 Å². The Bertz CT molecular complexity index is 648. The Kier molecular flexibility index (Phi) is 4.24. The predicted octanol–water partition coefficient (Wildman–Crippen LogP) is 2.38. The molecule has 2 atom stereocenters. The third-order valence-electron chi connectivity index (χ3n) is 4.24. The highest BCUT2D eigenvalue weighted by molar-refractivity contribution is 5.97. The number of carbonyl (C=O) groups is 1. The number of nitrogens with one attached hydrogen (secondary N) is 2. The summed E-state index contributed by atoms with van der Waals surface area (Å²) in [6.45, 7) is 5.99. The van der Waals surface area contributed by atoms with Crippen LogP contribution in [0, 0.1) is 12.8 Å². The van der Waals surface area contributed by atoms with Crippen LogP contribution in [0.4, 0.5) is 0 Å². The summed E-state index contributed by atoms with van der Waals surface area (Å²) >= 11 is 0. The van der Waals surface area contributed by atoms with E-state index in [0.29, 0.717) is 17.4 Å². The van der Waals surface area contributed by atoms with Crippen molar-refractivity contribution >= 4 is 5.91 Å². The molecule has 116 valence electrons. The van der Waals surface area contributed by atoms with E-state index in [4.69, 9.17) is 4.42 Å². The summed E-state index contributed by atoms with van der Waals surface area (Å²) in [6.07, 6.45) is 2.39. The summed E-state index contributed by atoms with van der Waals surface area (Å²) < 4.78 is 5.44. The molecule has 2 N–H and O–H groups in total. The van der Waals surface area contributed by atoms with E-state index >= 15 is 0 Å². The molecule has 22 heavy (non-hydrogen) atoms. The van der Waals surface area contributed by atoms with E-state index in [1.165, 1.54) is 6.39 Å². The first-order valence-electron chi connectivity index (χ1n) is 7.67. The molecule has 1 fully saturated rings. The minimum atomic E-state index is -0.176. The second-order valence-corrected chi connectivity index (χ2v) is 5.95. The summed E-state index contributed by atoms with van der Waals surface area (Å²) in [4.78, 5) is 16.6. The lowest BCUT2D eigenvalue weighted by molar-refractivity contribution is 0.0911. The van der Waals surface area contributed by atoms with Crippen molar-refractivity contribution in [2.24, 2.45) is 5.92 Å². The molecule has 0 spiro atoms. The molecule has 1 saturated heterocycles. The Balaban J connectivity index is 1.79. The van der Waals surface area contributed by atoms with Crippen molar-refractivity contribution in [2.75, 3.05) is 13.1 Å². The van der Waals surface area contributed by atoms with Crippen molar-refractivity contribution in [3.8, 4) is 11.3 Å². The van der Waals surface area contributed by atoms with Gasteiger partial charge in [0.2, 0.25) is 0 Å². The molecule has 2 heterocycles. The maximum atomic E-state index is 12.5. The molecule has 5 heteroatoms. The minimum absolute atomic E-state index is 0.129. The van der Waals surface area contributed by atoms with Gasteiger partial charge in [-0.15, -0.1) is 0 Å². The van der Waals surface area contributed by atoms with Crippen molar-refractivity contribution in [2.45, 2.75) is 26.3 Å². The molecule has 0 saturated carbocycles. The maximum Gasteiger partial charge on any atom is 0.274 e. The minimum Gasteiger partial charge on any atom is -0.443 e. The van der Waals surface area contributed by atoms with Gasteiger partial charge in [-0.3, -0.25) is 4.79 Å². The predicted molar refractivity (Wildman–Crippen MR) is 84.6 cm³/mol. The molecular weight excluding hydrogens is 278 g/mol. The highest BCUT2D eigenvalue weighted by Crippen LogP contribution is 2.24. The van der Waals surface area contributed by atoms with Gasteiger partial charge in [0, 0.05) is 18.2 Å². The molecule has 1 aliphatic heterocycles. The first-order chi connectivity index (χ1) is 10.6. The number of rotatable bonds is 3. The van der Waals surface area contributed by atoms with Gasteiger partial charge in [0.05, 0.1) is 0 Å². The van der Waals surface area contributed by atoms with Crippen molar-refractivity contribution in [3.05, 3.63) is 41.9 Å². The van der Waals surface area contributed by atoms with Gasteiger partial charge in [-0.1, -0.05) is 36.8 Å². The Morgan fingerprint density at radius 3 is 2.86 bits per heavy atom. The summed E-state index contributed by atoms with van der Waals surface area (Å²) in [5.41, 5.74) is 2.38. The molecule has 1 aliphatic rings. The van der Waals surface area contributed by atoms with Crippen LogP contribution in [0.5, 0.6) is 0 Å². The topological polar surface area (TPSA) is 67.2 Å². The van der Waals surface area contributed by atoms with Crippen LogP contribution in [0.1, 0.15) is 29.4 Å². The Morgan fingerprint density at radius 2 is 2.14 bits per heavy atom. The SMILES string of the molecule is Cc1ccc(-c2ocnc2C(=O)NC2CNCCC2C)cc1. The lowest BCUT2D eigenvalue weighted by Crippen LogP contribution is -2.50. The number of hydrogen-bond acceptors (Lipinski definition) is 4. The van der Waals surface area contributed by atoms with Crippen LogP contribution in [0.3, 0.4) is 0 Å². The number of benzene rings is 1. The van der Waals surface area contributed by atoms with Gasteiger partial charge in [-0.25, -0.2) is 4.98 Å². The monoisotopic (exact) mass is 299 g/mol. The Morgan fingerprint density at radius 1 is 1.36 bits per heavy atom. The van der Waals surface area contributed by atoms with Crippen LogP contribution in [0.25, 0.3) is 11.3 Å². The number of carbonyl (C=O) groups excluding carboxylic acids is 1. The lowest BCUT2D eigenvalue weighted by Gasteiger charge is -2.30. The standard InChI is InChI=1S/C17H21N3O2/c1-11-3-5-13(6-4-11)16-15(19-10-22-16)17(21)20-14-9-18-8-7-12(14)2/h3-6,10,12,14,18H,7-9H2,1-2H3,(H,20,21). The number of aryl methyl sites for hydroxylation is 1. The van der Waals surface area contributed by atoms with E-state index in [2.05, 4.69) is 22.5 Å². The molecule has 2 aromatic rings. The molecule has 1 aromatic carbocycles. The second kappa shape index (κ2) is 6.32. The highest BCUT2D eigenvalue weighted by atomic mass is 16.3. The number of amides is 1. The van der Waals surface area contributed by atoms with Crippen LogP contribution in [-0.4, -0.2) is 30.0 Å². The van der Waals surface area contributed by atoms with Crippen molar-refractivity contribution < 1.29 is 9.21 Å². The lowest BCUT2D eigenvalue weighted by atomic mass is 9.94. The second-order valence-electron chi connectivity index (χ2n) is 5.95. The van der Waals surface area contributed by atoms with Crippen molar-refractivity contribution in [3.63, 3.8) is 0 Å². The van der Waals surface area contributed by atoms with Crippen LogP contribution in [-0.2, 0) is 0 Å². The van der Waals surface area contributed by atoms with E-state index in [1.807, 2.05) is 31.2 Å². The maximum absolute atomic E-state index is 12.5. The zero-order valence-corrected chi connectivity index (χ0v) is 12.9. The number of aromatic nitrogens is 1. The van der Waals surface area contributed by atoms with E-state index in [0.717, 1.165) is 30.6 Å². The average Bonchev–Trinajstić information content (AvgIpc) is 3.00. The quantitative estimate of drug-likeness (QED) is 0.913. The van der Waals surface area contributed by atoms with E-state index in [-0.39, 0.29) is 11.9 Å². The average molecular weight is 299 g/mol. The van der Waals surface area contributed by atoms with E-state index in [1.54, 1.807) is 0 Å². The molecule has 1 amide bonds. The summed E-state index contributed by atoms with van der Waals surface area (Å²) in [6, 6.07) is 8.00. The van der Waals surface area contributed by atoms with Crippen LogP contribution < -0.4 is 10.6 Å². The van der Waals surface area contributed by atoms with E-state index < -0.39 is 0 Å². The number of hydrogen-bond donors (Lipinski definition) is 2. The van der Waals surface area contributed by atoms with Crippen LogP contribution in [0.15, 0.2) is 35.1 Å². The molecular formula is C17H21N3O2. The largest absolute Gasteiger partial charge is 0.443 e. The third kappa shape index (κ3) is 3.04. The molecule has 3 rings (SSSR count). The van der Waals surface area contributed by atoms with Crippen LogP contribution in [0.2, 0.25) is 0 Å². The fraction of sp³-hybridized carbons (Fsp3) is 0.412. The van der Waals surface area contributed by atoms with Gasteiger partial charge < -0.3 is 15.1 Å². The zero-order valence-electron chi connectivity index (χ0n) is 12.9.